The molecule has 2 aliphatic rings. The fraction of sp³-hybridized carbons (Fsp3) is 0.611. The van der Waals surface area contributed by atoms with Gasteiger partial charge in [-0.1, -0.05) is 39.0 Å². The van der Waals surface area contributed by atoms with Crippen molar-refractivity contribution in [3.8, 4) is 0 Å². The first-order valence-corrected chi connectivity index (χ1v) is 7.58. The molecule has 108 valence electrons. The molecule has 20 heavy (non-hydrogen) atoms. The van der Waals surface area contributed by atoms with Crippen LogP contribution in [0.3, 0.4) is 0 Å². The van der Waals surface area contributed by atoms with Crippen molar-refractivity contribution in [1.82, 2.24) is 0 Å². The summed E-state index contributed by atoms with van der Waals surface area (Å²) in [4.78, 5) is 12.0. The second-order valence-corrected chi connectivity index (χ2v) is 7.79. The molecule has 0 heterocycles. The van der Waals surface area contributed by atoms with E-state index in [2.05, 4.69) is 45.9 Å². The van der Waals surface area contributed by atoms with Crippen molar-refractivity contribution in [2.24, 2.45) is 10.8 Å². The summed E-state index contributed by atoms with van der Waals surface area (Å²) in [5.74, 6) is -0.585. The van der Waals surface area contributed by atoms with Gasteiger partial charge in [0.25, 0.3) is 0 Å². The number of carbonyl (C=O) groups is 1. The third-order valence-corrected chi connectivity index (χ3v) is 5.69. The summed E-state index contributed by atoms with van der Waals surface area (Å²) in [5.41, 5.74) is 3.65. The van der Waals surface area contributed by atoms with Crippen LogP contribution in [0.4, 0.5) is 0 Å². The molecule has 0 unspecified atom stereocenters. The van der Waals surface area contributed by atoms with E-state index in [-0.39, 0.29) is 16.7 Å². The summed E-state index contributed by atoms with van der Waals surface area (Å²) in [7, 11) is 0. The van der Waals surface area contributed by atoms with Crippen LogP contribution in [0.2, 0.25) is 0 Å². The van der Waals surface area contributed by atoms with E-state index in [9.17, 15) is 9.90 Å². The van der Waals surface area contributed by atoms with Crippen LogP contribution in [0, 0.1) is 17.8 Å². The van der Waals surface area contributed by atoms with Crippen molar-refractivity contribution in [2.45, 2.75) is 58.8 Å². The summed E-state index contributed by atoms with van der Waals surface area (Å²) < 4.78 is 0. The molecule has 2 nitrogen and oxygen atoms in total. The molecule has 1 N–H and O–H groups in total. The topological polar surface area (TPSA) is 37.3 Å². The Morgan fingerprint density at radius 1 is 1.30 bits per heavy atom. The second kappa shape index (κ2) is 4.09. The third kappa shape index (κ3) is 1.73. The Morgan fingerprint density at radius 3 is 2.65 bits per heavy atom. The minimum Gasteiger partial charge on any atom is -0.481 e. The lowest BCUT2D eigenvalue weighted by atomic mass is 9.57. The van der Waals surface area contributed by atoms with Gasteiger partial charge in [0.1, 0.15) is 0 Å². The van der Waals surface area contributed by atoms with Crippen LogP contribution >= 0.6 is 0 Å². The Bertz CT molecular complexity index is 573. The van der Waals surface area contributed by atoms with E-state index in [0.29, 0.717) is 5.92 Å². The van der Waals surface area contributed by atoms with Crippen molar-refractivity contribution in [2.75, 3.05) is 0 Å². The number of hydrogen-bond acceptors (Lipinski definition) is 1. The molecular weight excluding hydrogens is 248 g/mol. The van der Waals surface area contributed by atoms with E-state index in [1.165, 1.54) is 12.0 Å². The average molecular weight is 272 g/mol. The van der Waals surface area contributed by atoms with Gasteiger partial charge in [-0.15, -0.1) is 0 Å². The first-order valence-electron chi connectivity index (χ1n) is 7.58. The smallest absolute Gasteiger partial charge is 0.311 e. The van der Waals surface area contributed by atoms with Crippen LogP contribution in [0.5, 0.6) is 0 Å². The number of aryl methyl sites for hydroxylation is 1. The standard InChI is InChI=1S/C18H24O2/c1-11-6-5-7-12-13-8-9-17(2,3)10-18(13,4)15(14(11)12)16(19)20/h5-7,13,15H,8-10H2,1-4H3,(H,19,20)/t13-,15+,18+/m0/s1. The van der Waals surface area contributed by atoms with Crippen LogP contribution in [-0.4, -0.2) is 11.1 Å². The zero-order valence-electron chi connectivity index (χ0n) is 12.9. The van der Waals surface area contributed by atoms with E-state index >= 15 is 0 Å². The summed E-state index contributed by atoms with van der Waals surface area (Å²) in [6.45, 7) is 8.82. The molecule has 0 aliphatic heterocycles. The van der Waals surface area contributed by atoms with Crippen molar-refractivity contribution >= 4 is 5.97 Å². The highest BCUT2D eigenvalue weighted by Crippen LogP contribution is 2.65. The molecule has 0 bridgehead atoms. The average Bonchev–Trinajstić information content (AvgIpc) is 2.56. The van der Waals surface area contributed by atoms with E-state index < -0.39 is 5.97 Å². The van der Waals surface area contributed by atoms with Gasteiger partial charge in [-0.2, -0.15) is 0 Å². The highest BCUT2D eigenvalue weighted by Gasteiger charge is 2.57. The minimum atomic E-state index is -0.650. The van der Waals surface area contributed by atoms with Gasteiger partial charge in [-0.05, 0) is 59.6 Å². The number of fused-ring (bicyclic) bond motifs is 3. The zero-order chi connectivity index (χ0) is 14.7. The Kier molecular flexibility index (Phi) is 2.80. The molecule has 0 amide bonds. The maximum atomic E-state index is 12.0. The van der Waals surface area contributed by atoms with E-state index in [4.69, 9.17) is 0 Å². The van der Waals surface area contributed by atoms with Crippen LogP contribution < -0.4 is 0 Å². The molecule has 1 aromatic carbocycles. The normalized spacial score (nSPS) is 34.4. The van der Waals surface area contributed by atoms with Gasteiger partial charge in [0.15, 0.2) is 0 Å². The Labute approximate surface area is 121 Å². The SMILES string of the molecule is Cc1cccc2c1[C@H](C(=O)O)[C@]1(C)CC(C)(C)CC[C@@H]21. The van der Waals surface area contributed by atoms with Gasteiger partial charge in [-0.25, -0.2) is 0 Å². The Hall–Kier alpha value is -1.31. The zero-order valence-corrected chi connectivity index (χ0v) is 12.9. The first-order chi connectivity index (χ1) is 9.26. The van der Waals surface area contributed by atoms with E-state index in [1.54, 1.807) is 0 Å². The van der Waals surface area contributed by atoms with E-state index in [1.807, 2.05) is 0 Å². The fourth-order valence-electron chi connectivity index (χ4n) is 5.06. The predicted molar refractivity (Wildman–Crippen MR) is 80.0 cm³/mol. The number of hydrogen-bond donors (Lipinski definition) is 1. The summed E-state index contributed by atoms with van der Waals surface area (Å²) in [6.07, 6.45) is 3.30. The number of carboxylic acids is 1. The lowest BCUT2D eigenvalue weighted by Gasteiger charge is -2.47. The van der Waals surface area contributed by atoms with Gasteiger partial charge >= 0.3 is 5.97 Å². The molecule has 2 heteroatoms. The Balaban J connectivity index is 2.20. The first kappa shape index (κ1) is 13.7. The molecule has 3 rings (SSSR count). The lowest BCUT2D eigenvalue weighted by molar-refractivity contribution is -0.143. The van der Waals surface area contributed by atoms with Crippen LogP contribution in [0.15, 0.2) is 18.2 Å². The van der Waals surface area contributed by atoms with Gasteiger partial charge in [0.05, 0.1) is 5.92 Å². The van der Waals surface area contributed by atoms with Crippen molar-refractivity contribution in [3.63, 3.8) is 0 Å². The number of rotatable bonds is 1. The van der Waals surface area contributed by atoms with Gasteiger partial charge in [-0.3, -0.25) is 4.79 Å². The van der Waals surface area contributed by atoms with E-state index in [0.717, 1.165) is 24.0 Å². The molecule has 3 atom stereocenters. The Morgan fingerprint density at radius 2 is 2.00 bits per heavy atom. The maximum Gasteiger partial charge on any atom is 0.311 e. The third-order valence-electron chi connectivity index (χ3n) is 5.69. The van der Waals surface area contributed by atoms with Gasteiger partial charge in [0, 0.05) is 0 Å². The molecule has 1 saturated carbocycles. The highest BCUT2D eigenvalue weighted by atomic mass is 16.4. The van der Waals surface area contributed by atoms with Crippen molar-refractivity contribution < 1.29 is 9.90 Å². The molecule has 0 saturated heterocycles. The molecule has 0 spiro atoms. The molecule has 0 radical (unpaired) electrons. The van der Waals surface area contributed by atoms with Crippen LogP contribution in [0.25, 0.3) is 0 Å². The van der Waals surface area contributed by atoms with Crippen LogP contribution in [-0.2, 0) is 4.79 Å². The van der Waals surface area contributed by atoms with Gasteiger partial charge in [0.2, 0.25) is 0 Å². The summed E-state index contributed by atoms with van der Waals surface area (Å²) >= 11 is 0. The molecular formula is C18H24O2. The number of carboxylic acid groups (broad SMARTS) is 1. The molecule has 1 fully saturated rings. The fourth-order valence-corrected chi connectivity index (χ4v) is 5.06. The van der Waals surface area contributed by atoms with Crippen molar-refractivity contribution in [3.05, 3.63) is 34.9 Å². The monoisotopic (exact) mass is 272 g/mol. The molecule has 1 aromatic rings. The largest absolute Gasteiger partial charge is 0.481 e. The summed E-state index contributed by atoms with van der Waals surface area (Å²) in [6, 6.07) is 6.30. The van der Waals surface area contributed by atoms with Crippen LogP contribution in [0.1, 0.15) is 68.6 Å². The maximum absolute atomic E-state index is 12.0. The predicted octanol–water partition coefficient (Wildman–Crippen LogP) is 4.48. The number of aliphatic carboxylic acids is 1. The lowest BCUT2D eigenvalue weighted by Crippen LogP contribution is -2.39. The number of benzene rings is 1. The highest BCUT2D eigenvalue weighted by molar-refractivity contribution is 5.81. The minimum absolute atomic E-state index is 0.137. The quantitative estimate of drug-likeness (QED) is 0.818. The molecule has 0 aromatic heterocycles. The molecule has 2 aliphatic carbocycles. The van der Waals surface area contributed by atoms with Crippen molar-refractivity contribution in [1.29, 1.82) is 0 Å². The summed E-state index contributed by atoms with van der Waals surface area (Å²) in [5, 5.41) is 9.86. The van der Waals surface area contributed by atoms with Gasteiger partial charge < -0.3 is 5.11 Å². The second-order valence-electron chi connectivity index (χ2n) is 7.79.